The van der Waals surface area contributed by atoms with Crippen LogP contribution in [0, 0.1) is 6.92 Å². The number of hydrogen-bond donors (Lipinski definition) is 1. The summed E-state index contributed by atoms with van der Waals surface area (Å²) in [7, 11) is 3.97. The van der Waals surface area contributed by atoms with E-state index in [2.05, 4.69) is 26.2 Å². The molecular formula is C12H19N5. The van der Waals surface area contributed by atoms with E-state index in [0.29, 0.717) is 0 Å². The van der Waals surface area contributed by atoms with E-state index in [9.17, 15) is 0 Å². The number of nitrogens with zero attached hydrogens (tertiary/aromatic N) is 4. The van der Waals surface area contributed by atoms with Crippen LogP contribution >= 0.6 is 0 Å². The average Bonchev–Trinajstić information content (AvgIpc) is 2.81. The minimum absolute atomic E-state index is 0.865. The fraction of sp³-hybridized carbons (Fsp3) is 0.500. The first-order valence-corrected chi connectivity index (χ1v) is 5.83. The Kier molecular flexibility index (Phi) is 3.58. The molecule has 0 aliphatic rings. The normalized spacial score (nSPS) is 11.0. The summed E-state index contributed by atoms with van der Waals surface area (Å²) in [5.41, 5.74) is 2.35. The Hall–Kier alpha value is -1.62. The van der Waals surface area contributed by atoms with Crippen LogP contribution in [0.1, 0.15) is 17.1 Å². The predicted molar refractivity (Wildman–Crippen MR) is 66.6 cm³/mol. The van der Waals surface area contributed by atoms with Gasteiger partial charge in [-0.1, -0.05) is 0 Å². The van der Waals surface area contributed by atoms with Crippen molar-refractivity contribution >= 4 is 0 Å². The Bertz CT molecular complexity index is 483. The molecule has 2 heterocycles. The van der Waals surface area contributed by atoms with Crippen LogP contribution in [0.15, 0.2) is 18.6 Å². The Morgan fingerprint density at radius 1 is 1.35 bits per heavy atom. The summed E-state index contributed by atoms with van der Waals surface area (Å²) in [6.45, 7) is 3.83. The van der Waals surface area contributed by atoms with Crippen molar-refractivity contribution in [2.75, 3.05) is 6.54 Å². The molecule has 0 aliphatic carbocycles. The monoisotopic (exact) mass is 233 g/mol. The van der Waals surface area contributed by atoms with Crippen molar-refractivity contribution in [3.8, 4) is 0 Å². The Labute approximate surface area is 101 Å². The lowest BCUT2D eigenvalue weighted by molar-refractivity contribution is 0.653. The zero-order chi connectivity index (χ0) is 12.3. The molecule has 0 atom stereocenters. The molecule has 0 bridgehead atoms. The zero-order valence-electron chi connectivity index (χ0n) is 10.6. The number of imidazole rings is 1. The maximum Gasteiger partial charge on any atom is 0.109 e. The molecule has 2 rings (SSSR count). The van der Waals surface area contributed by atoms with Crippen molar-refractivity contribution in [2.45, 2.75) is 19.9 Å². The molecule has 0 amide bonds. The minimum Gasteiger partial charge on any atom is -0.338 e. The van der Waals surface area contributed by atoms with Crippen molar-refractivity contribution in [2.24, 2.45) is 14.1 Å². The Balaban J connectivity index is 1.77. The molecular weight excluding hydrogens is 214 g/mol. The molecule has 2 aromatic rings. The van der Waals surface area contributed by atoms with Crippen molar-refractivity contribution in [3.05, 3.63) is 35.7 Å². The van der Waals surface area contributed by atoms with Crippen LogP contribution in [0.5, 0.6) is 0 Å². The highest BCUT2D eigenvalue weighted by Gasteiger charge is 2.03. The van der Waals surface area contributed by atoms with Crippen LogP contribution in [0.3, 0.4) is 0 Å². The van der Waals surface area contributed by atoms with E-state index in [1.807, 2.05) is 38.1 Å². The van der Waals surface area contributed by atoms with Gasteiger partial charge < -0.3 is 9.88 Å². The van der Waals surface area contributed by atoms with Gasteiger partial charge in [-0.2, -0.15) is 5.10 Å². The summed E-state index contributed by atoms with van der Waals surface area (Å²) in [4.78, 5) is 4.29. The molecule has 0 aliphatic heterocycles. The maximum absolute atomic E-state index is 4.31. The van der Waals surface area contributed by atoms with Gasteiger partial charge in [0.1, 0.15) is 5.82 Å². The van der Waals surface area contributed by atoms with Gasteiger partial charge in [-0.25, -0.2) is 4.98 Å². The zero-order valence-corrected chi connectivity index (χ0v) is 10.6. The van der Waals surface area contributed by atoms with Gasteiger partial charge >= 0.3 is 0 Å². The SMILES string of the molecule is Cc1nn(C)cc1CNCCc1nccn1C. The highest BCUT2D eigenvalue weighted by atomic mass is 15.2. The molecule has 5 nitrogen and oxygen atoms in total. The van der Waals surface area contributed by atoms with Gasteiger partial charge in [0.15, 0.2) is 0 Å². The highest BCUT2D eigenvalue weighted by molar-refractivity contribution is 5.14. The van der Waals surface area contributed by atoms with Crippen LogP contribution in [0.4, 0.5) is 0 Å². The summed E-state index contributed by atoms with van der Waals surface area (Å²) in [6.07, 6.45) is 6.81. The van der Waals surface area contributed by atoms with Gasteiger partial charge in [0.25, 0.3) is 0 Å². The summed E-state index contributed by atoms with van der Waals surface area (Å²) >= 11 is 0. The number of aryl methyl sites for hydroxylation is 3. The number of hydrogen-bond acceptors (Lipinski definition) is 3. The standard InChI is InChI=1S/C12H19N5/c1-10-11(9-17(3)15-10)8-13-5-4-12-14-6-7-16(12)2/h6-7,9,13H,4-5,8H2,1-3H3. The Morgan fingerprint density at radius 2 is 2.18 bits per heavy atom. The third kappa shape index (κ3) is 2.94. The van der Waals surface area contributed by atoms with Gasteiger partial charge in [0.2, 0.25) is 0 Å². The molecule has 0 unspecified atom stereocenters. The molecule has 92 valence electrons. The second-order valence-corrected chi connectivity index (χ2v) is 4.29. The largest absolute Gasteiger partial charge is 0.338 e. The first-order valence-electron chi connectivity index (χ1n) is 5.83. The highest BCUT2D eigenvalue weighted by Crippen LogP contribution is 2.03. The van der Waals surface area contributed by atoms with E-state index < -0.39 is 0 Å². The van der Waals surface area contributed by atoms with Crippen LogP contribution in [-0.2, 0) is 27.1 Å². The Morgan fingerprint density at radius 3 is 2.76 bits per heavy atom. The fourth-order valence-electron chi connectivity index (χ4n) is 1.88. The molecule has 0 radical (unpaired) electrons. The number of rotatable bonds is 5. The van der Waals surface area contributed by atoms with Gasteiger partial charge in [0.05, 0.1) is 5.69 Å². The third-order valence-corrected chi connectivity index (χ3v) is 2.88. The third-order valence-electron chi connectivity index (χ3n) is 2.88. The van der Waals surface area contributed by atoms with Crippen LogP contribution in [-0.4, -0.2) is 25.9 Å². The van der Waals surface area contributed by atoms with Gasteiger partial charge in [-0.15, -0.1) is 0 Å². The van der Waals surface area contributed by atoms with E-state index in [-0.39, 0.29) is 0 Å². The van der Waals surface area contributed by atoms with Crippen molar-refractivity contribution in [3.63, 3.8) is 0 Å². The van der Waals surface area contributed by atoms with E-state index in [1.165, 1.54) is 5.56 Å². The van der Waals surface area contributed by atoms with Gasteiger partial charge in [0, 0.05) is 57.8 Å². The first-order chi connectivity index (χ1) is 8.16. The second kappa shape index (κ2) is 5.14. The molecule has 0 spiro atoms. The van der Waals surface area contributed by atoms with E-state index >= 15 is 0 Å². The van der Waals surface area contributed by atoms with E-state index in [1.54, 1.807) is 0 Å². The molecule has 5 heteroatoms. The van der Waals surface area contributed by atoms with Gasteiger partial charge in [-0.05, 0) is 6.92 Å². The fourth-order valence-corrected chi connectivity index (χ4v) is 1.88. The quantitative estimate of drug-likeness (QED) is 0.777. The smallest absolute Gasteiger partial charge is 0.109 e. The molecule has 1 N–H and O–H groups in total. The molecule has 0 fully saturated rings. The number of aromatic nitrogens is 4. The van der Waals surface area contributed by atoms with Crippen LogP contribution in [0.2, 0.25) is 0 Å². The maximum atomic E-state index is 4.31. The minimum atomic E-state index is 0.865. The van der Waals surface area contributed by atoms with E-state index in [0.717, 1.165) is 31.0 Å². The molecule has 0 saturated carbocycles. The lowest BCUT2D eigenvalue weighted by Gasteiger charge is -2.04. The average molecular weight is 233 g/mol. The van der Waals surface area contributed by atoms with Crippen molar-refractivity contribution < 1.29 is 0 Å². The lowest BCUT2D eigenvalue weighted by Crippen LogP contribution is -2.18. The number of nitrogens with one attached hydrogen (secondary N) is 1. The van der Waals surface area contributed by atoms with Crippen LogP contribution < -0.4 is 5.32 Å². The molecule has 17 heavy (non-hydrogen) atoms. The summed E-state index contributed by atoms with van der Waals surface area (Å²) in [5, 5.41) is 7.73. The topological polar surface area (TPSA) is 47.7 Å². The molecule has 2 aromatic heterocycles. The molecule has 0 saturated heterocycles. The molecule has 0 aromatic carbocycles. The lowest BCUT2D eigenvalue weighted by atomic mass is 10.2. The second-order valence-electron chi connectivity index (χ2n) is 4.29. The van der Waals surface area contributed by atoms with Crippen LogP contribution in [0.25, 0.3) is 0 Å². The summed E-state index contributed by atoms with van der Waals surface area (Å²) in [6, 6.07) is 0. The van der Waals surface area contributed by atoms with Gasteiger partial charge in [-0.3, -0.25) is 4.68 Å². The first kappa shape index (κ1) is 11.9. The van der Waals surface area contributed by atoms with Crippen molar-refractivity contribution in [1.29, 1.82) is 0 Å². The predicted octanol–water partition coefficient (Wildman–Crippen LogP) is 0.794. The van der Waals surface area contributed by atoms with Crippen molar-refractivity contribution in [1.82, 2.24) is 24.6 Å². The summed E-state index contributed by atoms with van der Waals surface area (Å²) in [5.74, 6) is 1.11. The van der Waals surface area contributed by atoms with E-state index in [4.69, 9.17) is 0 Å². The summed E-state index contributed by atoms with van der Waals surface area (Å²) < 4.78 is 3.90.